The molecule has 2 N–H and O–H groups in total. The summed E-state index contributed by atoms with van der Waals surface area (Å²) in [4.78, 5) is 51.5. The van der Waals surface area contributed by atoms with E-state index in [9.17, 15) is 19.2 Å². The van der Waals surface area contributed by atoms with Gasteiger partial charge in [0.15, 0.2) is 5.78 Å². The molecule has 5 aromatic rings. The number of fused-ring (bicyclic) bond motifs is 3. The van der Waals surface area contributed by atoms with Gasteiger partial charge in [0.2, 0.25) is 0 Å². The molecule has 0 saturated heterocycles. The van der Waals surface area contributed by atoms with Crippen molar-refractivity contribution >= 4 is 58.3 Å². The molecule has 0 aromatic heterocycles. The number of hydrogen-bond acceptors (Lipinski definition) is 6. The van der Waals surface area contributed by atoms with Crippen LogP contribution in [0.1, 0.15) is 53.7 Å². The van der Waals surface area contributed by atoms with Gasteiger partial charge in [-0.25, -0.2) is 9.59 Å². The molecule has 0 aliphatic heterocycles. The highest BCUT2D eigenvalue weighted by molar-refractivity contribution is 6.37. The molecule has 47 heavy (non-hydrogen) atoms. The fourth-order valence-electron chi connectivity index (χ4n) is 5.56. The van der Waals surface area contributed by atoms with Crippen molar-refractivity contribution in [2.75, 3.05) is 24.4 Å². The smallest absolute Gasteiger partial charge is 0.411 e. The Kier molecular flexibility index (Phi) is 9.06. The van der Waals surface area contributed by atoms with Gasteiger partial charge in [0.05, 0.1) is 28.9 Å². The second-order valence-corrected chi connectivity index (χ2v) is 11.5. The number of ether oxygens (including phenoxy) is 2. The van der Waals surface area contributed by atoms with Crippen LogP contribution in [0.25, 0.3) is 11.1 Å². The Bertz CT molecular complexity index is 2000. The molecule has 2 amide bonds. The molecule has 234 valence electrons. The van der Waals surface area contributed by atoms with Crippen LogP contribution in [0.15, 0.2) is 109 Å². The Balaban J connectivity index is 1.12. The maximum Gasteiger partial charge on any atom is 0.411 e. The minimum absolute atomic E-state index is 0.0228. The molecule has 0 spiro atoms. The van der Waals surface area contributed by atoms with Crippen LogP contribution in [0.5, 0.6) is 0 Å². The SMILES string of the molecule is COC(=O)c1cc(C(=O)c2ccc(NC(=O)OCC3c4ccccc4-c4ccccc43)cc2)ccc1NC(=O)c1ccc(Cl)cc1Cl. The van der Waals surface area contributed by atoms with Crippen molar-refractivity contribution < 1.29 is 28.7 Å². The summed E-state index contributed by atoms with van der Waals surface area (Å²) in [5.41, 5.74) is 5.69. The number of ketones is 1. The lowest BCUT2D eigenvalue weighted by Gasteiger charge is -2.15. The first-order valence-corrected chi connectivity index (χ1v) is 15.2. The molecular formula is C37H26Cl2N2O6. The van der Waals surface area contributed by atoms with E-state index in [0.717, 1.165) is 22.3 Å². The molecule has 5 aromatic carbocycles. The van der Waals surface area contributed by atoms with E-state index < -0.39 is 18.0 Å². The van der Waals surface area contributed by atoms with E-state index in [4.69, 9.17) is 32.7 Å². The molecular weight excluding hydrogens is 639 g/mol. The van der Waals surface area contributed by atoms with Gasteiger partial charge in [-0.2, -0.15) is 0 Å². The van der Waals surface area contributed by atoms with Crippen molar-refractivity contribution in [1.82, 2.24) is 0 Å². The van der Waals surface area contributed by atoms with E-state index in [1.807, 2.05) is 36.4 Å². The van der Waals surface area contributed by atoms with Crippen molar-refractivity contribution in [3.8, 4) is 11.1 Å². The topological polar surface area (TPSA) is 111 Å². The predicted molar refractivity (Wildman–Crippen MR) is 181 cm³/mol. The molecule has 0 heterocycles. The summed E-state index contributed by atoms with van der Waals surface area (Å²) in [6.07, 6.45) is -0.619. The average molecular weight is 666 g/mol. The van der Waals surface area contributed by atoms with E-state index in [1.54, 1.807) is 24.3 Å². The number of anilines is 2. The second kappa shape index (κ2) is 13.5. The molecule has 0 bridgehead atoms. The number of carbonyl (C=O) groups is 4. The van der Waals surface area contributed by atoms with Gasteiger partial charge in [-0.05, 0) is 82.9 Å². The normalized spacial score (nSPS) is 11.6. The summed E-state index contributed by atoms with van der Waals surface area (Å²) < 4.78 is 10.5. The number of hydrogen-bond donors (Lipinski definition) is 2. The van der Waals surface area contributed by atoms with E-state index in [1.165, 1.54) is 43.5 Å². The molecule has 8 nitrogen and oxygen atoms in total. The Hall–Kier alpha value is -5.44. The van der Waals surface area contributed by atoms with Gasteiger partial charge in [-0.15, -0.1) is 0 Å². The van der Waals surface area contributed by atoms with Gasteiger partial charge in [0.25, 0.3) is 5.91 Å². The van der Waals surface area contributed by atoms with Crippen LogP contribution in [0.3, 0.4) is 0 Å². The first kappa shape index (κ1) is 31.5. The van der Waals surface area contributed by atoms with E-state index in [2.05, 4.69) is 22.8 Å². The van der Waals surface area contributed by atoms with Gasteiger partial charge in [-0.3, -0.25) is 14.9 Å². The Morgan fingerprint density at radius 1 is 0.702 bits per heavy atom. The molecule has 0 atom stereocenters. The molecule has 10 heteroatoms. The van der Waals surface area contributed by atoms with Crippen LogP contribution in [0.2, 0.25) is 10.0 Å². The van der Waals surface area contributed by atoms with Crippen LogP contribution in [-0.2, 0) is 9.47 Å². The zero-order valence-corrected chi connectivity index (χ0v) is 26.4. The van der Waals surface area contributed by atoms with Gasteiger partial charge in [0, 0.05) is 27.8 Å². The predicted octanol–water partition coefficient (Wildman–Crippen LogP) is 8.62. The minimum Gasteiger partial charge on any atom is -0.465 e. The molecule has 6 rings (SSSR count). The number of halogens is 2. The number of nitrogens with one attached hydrogen (secondary N) is 2. The first-order valence-electron chi connectivity index (χ1n) is 14.5. The number of rotatable bonds is 8. The molecule has 0 fully saturated rings. The summed E-state index contributed by atoms with van der Waals surface area (Å²) in [6.45, 7) is 0.169. The summed E-state index contributed by atoms with van der Waals surface area (Å²) in [6, 6.07) is 31.1. The lowest BCUT2D eigenvalue weighted by Crippen LogP contribution is -2.18. The minimum atomic E-state index is -0.750. The zero-order chi connectivity index (χ0) is 33.1. The van der Waals surface area contributed by atoms with Gasteiger partial charge < -0.3 is 14.8 Å². The van der Waals surface area contributed by atoms with Crippen LogP contribution in [0, 0.1) is 0 Å². The molecule has 1 aliphatic carbocycles. The fraction of sp³-hybridized carbons (Fsp3) is 0.0811. The summed E-state index contributed by atoms with van der Waals surface area (Å²) in [7, 11) is 1.20. The number of benzene rings is 5. The standard InChI is InChI=1S/C37H26Cl2N2O6/c1-46-36(44)30-18-22(12-17-33(30)41-35(43)29-16-13-23(38)19-32(29)39)34(42)21-10-14-24(15-11-21)40-37(45)47-20-31-27-8-4-2-6-25(27)26-7-3-5-9-28(26)31/h2-19,31H,20H2,1H3,(H,40,45)(H,41,43). The number of esters is 1. The van der Waals surface area contributed by atoms with Crippen molar-refractivity contribution in [3.63, 3.8) is 0 Å². The first-order chi connectivity index (χ1) is 22.7. The van der Waals surface area contributed by atoms with Gasteiger partial charge in [0.1, 0.15) is 6.61 Å². The molecule has 1 aliphatic rings. The van der Waals surface area contributed by atoms with E-state index in [-0.39, 0.29) is 45.7 Å². The van der Waals surface area contributed by atoms with Crippen LogP contribution < -0.4 is 10.6 Å². The fourth-order valence-corrected chi connectivity index (χ4v) is 6.05. The maximum atomic E-state index is 13.3. The third-order valence-corrected chi connectivity index (χ3v) is 8.40. The Labute approximate surface area is 280 Å². The largest absolute Gasteiger partial charge is 0.465 e. The van der Waals surface area contributed by atoms with E-state index in [0.29, 0.717) is 16.3 Å². The summed E-state index contributed by atoms with van der Waals surface area (Å²) in [5.74, 6) is -1.78. The lowest BCUT2D eigenvalue weighted by molar-refractivity contribution is 0.0602. The average Bonchev–Trinajstić information content (AvgIpc) is 3.40. The highest BCUT2D eigenvalue weighted by atomic mass is 35.5. The number of methoxy groups -OCH3 is 1. The third-order valence-electron chi connectivity index (χ3n) is 7.85. The van der Waals surface area contributed by atoms with Crippen LogP contribution >= 0.6 is 23.2 Å². The van der Waals surface area contributed by atoms with Crippen molar-refractivity contribution in [3.05, 3.63) is 153 Å². The monoisotopic (exact) mass is 664 g/mol. The van der Waals surface area contributed by atoms with Gasteiger partial charge >= 0.3 is 12.1 Å². The van der Waals surface area contributed by atoms with Crippen molar-refractivity contribution in [2.45, 2.75) is 5.92 Å². The zero-order valence-electron chi connectivity index (χ0n) is 24.9. The van der Waals surface area contributed by atoms with Crippen molar-refractivity contribution in [1.29, 1.82) is 0 Å². The molecule has 0 unspecified atom stereocenters. The van der Waals surface area contributed by atoms with Crippen LogP contribution in [0.4, 0.5) is 16.2 Å². The Morgan fingerprint density at radius 2 is 1.34 bits per heavy atom. The van der Waals surface area contributed by atoms with Gasteiger partial charge in [-0.1, -0.05) is 71.7 Å². The van der Waals surface area contributed by atoms with Crippen molar-refractivity contribution in [2.24, 2.45) is 0 Å². The highest BCUT2D eigenvalue weighted by Gasteiger charge is 2.29. The summed E-state index contributed by atoms with van der Waals surface area (Å²) in [5, 5.41) is 5.85. The summed E-state index contributed by atoms with van der Waals surface area (Å²) >= 11 is 12.1. The lowest BCUT2D eigenvalue weighted by atomic mass is 9.98. The Morgan fingerprint density at radius 3 is 1.98 bits per heavy atom. The maximum absolute atomic E-state index is 13.3. The van der Waals surface area contributed by atoms with E-state index >= 15 is 0 Å². The second-order valence-electron chi connectivity index (χ2n) is 10.7. The molecule has 0 radical (unpaired) electrons. The molecule has 0 saturated carbocycles. The van der Waals surface area contributed by atoms with Crippen LogP contribution in [-0.4, -0.2) is 37.5 Å². The quantitative estimate of drug-likeness (QED) is 0.127. The third kappa shape index (κ3) is 6.60. The highest BCUT2D eigenvalue weighted by Crippen LogP contribution is 2.44. The number of amides is 2. The number of carbonyl (C=O) groups excluding carboxylic acids is 4.